The van der Waals surface area contributed by atoms with Gasteiger partial charge in [-0.15, -0.1) is 0 Å². The third-order valence-electron chi connectivity index (χ3n) is 5.37. The van der Waals surface area contributed by atoms with E-state index < -0.39 is 0 Å². The van der Waals surface area contributed by atoms with Gasteiger partial charge >= 0.3 is 0 Å². The topological polar surface area (TPSA) is 94.7 Å². The van der Waals surface area contributed by atoms with Gasteiger partial charge < -0.3 is 15.7 Å². The Kier molecular flexibility index (Phi) is 4.88. The first-order valence-electron chi connectivity index (χ1n) is 10.4. The maximum absolute atomic E-state index is 12.1. The quantitative estimate of drug-likeness (QED) is 0.383. The zero-order valence-electron chi connectivity index (χ0n) is 17.4. The van der Waals surface area contributed by atoms with Crippen LogP contribution < -0.4 is 16.2 Å². The van der Waals surface area contributed by atoms with Crippen molar-refractivity contribution in [2.45, 2.75) is 26.3 Å². The zero-order chi connectivity index (χ0) is 21.4. The molecule has 4 heterocycles. The van der Waals surface area contributed by atoms with E-state index in [1.54, 1.807) is 12.4 Å². The number of hydrogen-bond acceptors (Lipinski definition) is 5. The van der Waals surface area contributed by atoms with Crippen molar-refractivity contribution >= 4 is 28.3 Å². The number of fused-ring (bicyclic) bond motifs is 2. The summed E-state index contributed by atoms with van der Waals surface area (Å²) in [6, 6.07) is 14.4. The van der Waals surface area contributed by atoms with E-state index in [1.165, 1.54) is 5.39 Å². The number of anilines is 2. The molecule has 0 spiro atoms. The lowest BCUT2D eigenvalue weighted by Gasteiger charge is -2.11. The molecule has 7 heteroatoms. The first-order chi connectivity index (χ1) is 15.1. The Balaban J connectivity index is 1.44. The van der Waals surface area contributed by atoms with E-state index in [9.17, 15) is 4.79 Å². The molecule has 0 saturated heterocycles. The molecule has 0 fully saturated rings. The number of hydrazine groups is 1. The van der Waals surface area contributed by atoms with E-state index in [0.717, 1.165) is 33.7 Å². The number of H-pyrrole nitrogens is 1. The van der Waals surface area contributed by atoms with E-state index in [4.69, 9.17) is 0 Å². The van der Waals surface area contributed by atoms with Crippen LogP contribution in [0.2, 0.25) is 0 Å². The average Bonchev–Trinajstić information content (AvgIpc) is 3.36. The van der Waals surface area contributed by atoms with Crippen LogP contribution in [0, 0.1) is 5.92 Å². The second-order valence-electron chi connectivity index (χ2n) is 8.28. The molecule has 0 aliphatic carbocycles. The number of aromatic amines is 1. The zero-order valence-corrected chi connectivity index (χ0v) is 17.4. The number of rotatable bonds is 5. The van der Waals surface area contributed by atoms with E-state index in [0.29, 0.717) is 18.0 Å². The largest absolute Gasteiger partial charge is 0.357 e. The molecule has 1 amide bonds. The van der Waals surface area contributed by atoms with Gasteiger partial charge in [0.1, 0.15) is 5.82 Å². The summed E-state index contributed by atoms with van der Waals surface area (Å²) in [5.74, 6) is 1.11. The number of aromatic nitrogens is 3. The number of nitrogens with one attached hydrogen (secondary N) is 4. The van der Waals surface area contributed by atoms with Crippen LogP contribution in [-0.2, 0) is 4.79 Å². The molecule has 7 nitrogen and oxygen atoms in total. The van der Waals surface area contributed by atoms with E-state index in [2.05, 4.69) is 55.4 Å². The van der Waals surface area contributed by atoms with Crippen LogP contribution in [0.5, 0.6) is 0 Å². The van der Waals surface area contributed by atoms with Crippen LogP contribution in [0.3, 0.4) is 0 Å². The molecule has 0 bridgehead atoms. The first-order valence-corrected chi connectivity index (χ1v) is 10.4. The summed E-state index contributed by atoms with van der Waals surface area (Å²) < 4.78 is 0. The standard InChI is InChI=1S/C24H24N6O/c1-14(2)7-22(31)27-18-8-16(11-25-13-18)17-9-19-23(29-30-24(19)26-12-17)21-10-15-5-3-4-6-20(15)28-21/h3-6,8-14,23,28-29H,7H2,1-2H3,(H,26,30)(H,27,31). The summed E-state index contributed by atoms with van der Waals surface area (Å²) in [7, 11) is 0. The third-order valence-corrected chi connectivity index (χ3v) is 5.37. The second-order valence-corrected chi connectivity index (χ2v) is 8.28. The Morgan fingerprint density at radius 3 is 2.77 bits per heavy atom. The normalized spacial score (nSPS) is 15.1. The van der Waals surface area contributed by atoms with Crippen molar-refractivity contribution in [3.8, 4) is 11.1 Å². The Morgan fingerprint density at radius 1 is 1.10 bits per heavy atom. The maximum Gasteiger partial charge on any atom is 0.224 e. The Labute approximate surface area is 180 Å². The van der Waals surface area contributed by atoms with Crippen LogP contribution in [-0.4, -0.2) is 20.9 Å². The smallest absolute Gasteiger partial charge is 0.224 e. The number of para-hydroxylation sites is 1. The molecule has 0 saturated carbocycles. The molecule has 1 aromatic carbocycles. The molecule has 4 aromatic rings. The van der Waals surface area contributed by atoms with Crippen molar-refractivity contribution in [2.75, 3.05) is 10.7 Å². The minimum atomic E-state index is -0.0447. The van der Waals surface area contributed by atoms with Crippen LogP contribution in [0.4, 0.5) is 11.5 Å². The van der Waals surface area contributed by atoms with Crippen LogP contribution in [0.15, 0.2) is 61.1 Å². The van der Waals surface area contributed by atoms with Gasteiger partial charge in [-0.2, -0.15) is 0 Å². The van der Waals surface area contributed by atoms with Gasteiger partial charge in [-0.3, -0.25) is 9.78 Å². The number of benzene rings is 1. The van der Waals surface area contributed by atoms with Gasteiger partial charge in [0.25, 0.3) is 0 Å². The number of pyridine rings is 2. The molecule has 1 atom stereocenters. The Hall–Kier alpha value is -3.71. The lowest BCUT2D eigenvalue weighted by molar-refractivity contribution is -0.116. The number of hydrogen-bond donors (Lipinski definition) is 4. The monoisotopic (exact) mass is 412 g/mol. The van der Waals surface area contributed by atoms with Gasteiger partial charge in [0.2, 0.25) is 5.91 Å². The minimum Gasteiger partial charge on any atom is -0.357 e. The summed E-state index contributed by atoms with van der Waals surface area (Å²) in [6.45, 7) is 4.05. The van der Waals surface area contributed by atoms with Crippen molar-refractivity contribution in [3.63, 3.8) is 0 Å². The lowest BCUT2D eigenvalue weighted by atomic mass is 10.0. The lowest BCUT2D eigenvalue weighted by Crippen LogP contribution is -2.20. The molecular formula is C24H24N6O. The molecule has 156 valence electrons. The third kappa shape index (κ3) is 3.87. The fraction of sp³-hybridized carbons (Fsp3) is 0.208. The predicted molar refractivity (Wildman–Crippen MR) is 122 cm³/mol. The molecule has 1 aliphatic rings. The molecular weight excluding hydrogens is 388 g/mol. The van der Waals surface area contributed by atoms with E-state index in [1.807, 2.05) is 38.2 Å². The molecule has 4 N–H and O–H groups in total. The molecule has 3 aromatic heterocycles. The van der Waals surface area contributed by atoms with Crippen LogP contribution in [0.1, 0.15) is 37.6 Å². The van der Waals surface area contributed by atoms with Crippen LogP contribution in [0.25, 0.3) is 22.0 Å². The van der Waals surface area contributed by atoms with Crippen molar-refractivity contribution in [2.24, 2.45) is 5.92 Å². The Morgan fingerprint density at radius 2 is 1.94 bits per heavy atom. The summed E-state index contributed by atoms with van der Waals surface area (Å²) >= 11 is 0. The number of amides is 1. The van der Waals surface area contributed by atoms with Gasteiger partial charge in [-0.25, -0.2) is 10.4 Å². The van der Waals surface area contributed by atoms with Gasteiger partial charge in [-0.1, -0.05) is 32.0 Å². The number of carbonyl (C=O) groups is 1. The first kappa shape index (κ1) is 19.3. The van der Waals surface area contributed by atoms with Gasteiger partial charge in [0, 0.05) is 46.7 Å². The molecule has 31 heavy (non-hydrogen) atoms. The van der Waals surface area contributed by atoms with E-state index in [-0.39, 0.29) is 11.9 Å². The Bertz CT molecular complexity index is 1230. The van der Waals surface area contributed by atoms with E-state index >= 15 is 0 Å². The highest BCUT2D eigenvalue weighted by Crippen LogP contribution is 2.35. The summed E-state index contributed by atoms with van der Waals surface area (Å²) in [5.41, 5.74) is 12.2. The van der Waals surface area contributed by atoms with Gasteiger partial charge in [0.15, 0.2) is 0 Å². The van der Waals surface area contributed by atoms with Crippen molar-refractivity contribution in [3.05, 3.63) is 72.3 Å². The molecule has 0 radical (unpaired) electrons. The average molecular weight is 412 g/mol. The molecule has 1 aliphatic heterocycles. The predicted octanol–water partition coefficient (Wildman–Crippen LogP) is 4.63. The number of carbonyl (C=O) groups excluding carboxylic acids is 1. The fourth-order valence-electron chi connectivity index (χ4n) is 3.93. The van der Waals surface area contributed by atoms with Gasteiger partial charge in [0.05, 0.1) is 17.9 Å². The van der Waals surface area contributed by atoms with Crippen molar-refractivity contribution < 1.29 is 4.79 Å². The summed E-state index contributed by atoms with van der Waals surface area (Å²) in [4.78, 5) is 24.5. The SMILES string of the molecule is CC(C)CC(=O)Nc1cncc(-c2cnc3c(c2)C(c2cc4ccccc4[nH]2)NN3)c1. The second kappa shape index (κ2) is 7.85. The minimum absolute atomic E-state index is 0.00620. The molecule has 1 unspecified atom stereocenters. The summed E-state index contributed by atoms with van der Waals surface area (Å²) in [6.07, 6.45) is 5.75. The maximum atomic E-state index is 12.1. The number of nitrogens with zero attached hydrogens (tertiary/aromatic N) is 2. The van der Waals surface area contributed by atoms with Crippen molar-refractivity contribution in [1.29, 1.82) is 0 Å². The van der Waals surface area contributed by atoms with Crippen molar-refractivity contribution in [1.82, 2.24) is 20.4 Å². The highest BCUT2D eigenvalue weighted by atomic mass is 16.1. The highest BCUT2D eigenvalue weighted by Gasteiger charge is 2.26. The molecule has 5 rings (SSSR count). The van der Waals surface area contributed by atoms with Gasteiger partial charge in [-0.05, 0) is 35.6 Å². The fourth-order valence-corrected chi connectivity index (χ4v) is 3.93. The highest BCUT2D eigenvalue weighted by molar-refractivity contribution is 5.91. The van der Waals surface area contributed by atoms with Crippen LogP contribution >= 0.6 is 0 Å². The summed E-state index contributed by atoms with van der Waals surface area (Å²) in [5, 5.41) is 4.11.